The van der Waals surface area contributed by atoms with Crippen LogP contribution in [0.15, 0.2) is 21.3 Å². The Kier molecular flexibility index (Phi) is 5.75. The molecule has 0 spiro atoms. The van der Waals surface area contributed by atoms with Gasteiger partial charge in [-0.05, 0) is 25.0 Å². The summed E-state index contributed by atoms with van der Waals surface area (Å²) in [4.78, 5) is 5.22. The molecule has 0 amide bonds. The summed E-state index contributed by atoms with van der Waals surface area (Å²) in [5.74, 6) is 0.438. The van der Waals surface area contributed by atoms with Gasteiger partial charge in [-0.25, -0.2) is 13.4 Å². The van der Waals surface area contributed by atoms with Crippen molar-refractivity contribution in [1.82, 2.24) is 9.62 Å². The number of nitrogens with zero attached hydrogens (tertiary/aromatic N) is 2. The molecule has 7 nitrogen and oxygen atoms in total. The maximum Gasteiger partial charge on any atom is 0.252 e. The number of thiophene rings is 1. The maximum absolute atomic E-state index is 12.6. The van der Waals surface area contributed by atoms with E-state index in [1.807, 2.05) is 6.07 Å². The largest absolute Gasteiger partial charge is 0.379 e. The van der Waals surface area contributed by atoms with Crippen molar-refractivity contribution in [3.8, 4) is 0 Å². The Morgan fingerprint density at radius 2 is 2.04 bits per heavy atom. The molecule has 1 aliphatic carbocycles. The van der Waals surface area contributed by atoms with Crippen LogP contribution in [0.5, 0.6) is 0 Å². The zero-order valence-electron chi connectivity index (χ0n) is 13.6. The fourth-order valence-electron chi connectivity index (χ4n) is 2.98. The quantitative estimate of drug-likeness (QED) is 0.596. The van der Waals surface area contributed by atoms with E-state index >= 15 is 0 Å². The van der Waals surface area contributed by atoms with E-state index in [0.717, 1.165) is 17.7 Å². The van der Waals surface area contributed by atoms with Gasteiger partial charge >= 0.3 is 0 Å². The minimum absolute atomic E-state index is 0.358. The van der Waals surface area contributed by atoms with E-state index in [9.17, 15) is 8.42 Å². The second-order valence-corrected chi connectivity index (χ2v) is 9.40. The van der Waals surface area contributed by atoms with Crippen molar-refractivity contribution in [3.05, 3.63) is 17.0 Å². The Morgan fingerprint density at radius 1 is 1.33 bits per heavy atom. The fourth-order valence-corrected chi connectivity index (χ4v) is 5.83. The molecule has 0 aromatic carbocycles. The van der Waals surface area contributed by atoms with Gasteiger partial charge in [0.25, 0.3) is 10.0 Å². The van der Waals surface area contributed by atoms with E-state index in [2.05, 4.69) is 10.3 Å². The molecule has 0 bridgehead atoms. The predicted octanol–water partition coefficient (Wildman–Crippen LogP) is 1.12. The molecular formula is C15H24N4O3S2. The van der Waals surface area contributed by atoms with Gasteiger partial charge in [0.2, 0.25) is 0 Å². The number of nitrogens with one attached hydrogen (secondary N) is 1. The van der Waals surface area contributed by atoms with E-state index in [1.165, 1.54) is 28.5 Å². The zero-order chi connectivity index (χ0) is 17.0. The minimum Gasteiger partial charge on any atom is -0.379 e. The highest BCUT2D eigenvalue weighted by Crippen LogP contribution is 2.26. The van der Waals surface area contributed by atoms with Crippen molar-refractivity contribution < 1.29 is 13.2 Å². The highest BCUT2D eigenvalue weighted by molar-refractivity contribution is 7.91. The van der Waals surface area contributed by atoms with E-state index in [1.54, 1.807) is 6.07 Å². The van der Waals surface area contributed by atoms with E-state index in [0.29, 0.717) is 49.1 Å². The first-order valence-electron chi connectivity index (χ1n) is 8.29. The van der Waals surface area contributed by atoms with Gasteiger partial charge in [0.15, 0.2) is 5.96 Å². The molecule has 3 N–H and O–H groups in total. The molecule has 2 aliphatic rings. The number of aliphatic imine (C=N–C) groups is 1. The third-order valence-corrected chi connectivity index (χ3v) is 7.75. The molecule has 1 saturated carbocycles. The number of nitrogens with two attached hydrogens (primary N) is 1. The summed E-state index contributed by atoms with van der Waals surface area (Å²) in [6.45, 7) is 2.11. The Bertz CT molecular complexity index is 675. The number of sulfonamides is 1. The molecule has 3 rings (SSSR count). The van der Waals surface area contributed by atoms with Crippen LogP contribution in [0.1, 0.15) is 30.6 Å². The zero-order valence-corrected chi connectivity index (χ0v) is 15.2. The lowest BCUT2D eigenvalue weighted by atomic mass is 10.2. The smallest absolute Gasteiger partial charge is 0.252 e. The number of hydrogen-bond acceptors (Lipinski definition) is 5. The summed E-state index contributed by atoms with van der Waals surface area (Å²) < 4.78 is 32.2. The Morgan fingerprint density at radius 3 is 2.75 bits per heavy atom. The molecule has 1 aromatic heterocycles. The predicted molar refractivity (Wildman–Crippen MR) is 94.6 cm³/mol. The number of rotatable bonds is 5. The van der Waals surface area contributed by atoms with Gasteiger partial charge in [0.05, 0.1) is 19.8 Å². The van der Waals surface area contributed by atoms with E-state index < -0.39 is 10.0 Å². The van der Waals surface area contributed by atoms with Gasteiger partial charge in [-0.1, -0.05) is 12.8 Å². The van der Waals surface area contributed by atoms with Crippen LogP contribution >= 0.6 is 11.3 Å². The summed E-state index contributed by atoms with van der Waals surface area (Å²) in [6, 6.07) is 3.89. The number of guanidine groups is 1. The van der Waals surface area contributed by atoms with Gasteiger partial charge in [-0.15, -0.1) is 11.3 Å². The summed E-state index contributed by atoms with van der Waals surface area (Å²) in [6.07, 6.45) is 4.74. The monoisotopic (exact) mass is 372 g/mol. The van der Waals surface area contributed by atoms with Gasteiger partial charge in [-0.2, -0.15) is 4.31 Å². The second-order valence-electron chi connectivity index (χ2n) is 6.06. The van der Waals surface area contributed by atoms with Crippen LogP contribution in [0.2, 0.25) is 0 Å². The SMILES string of the molecule is NC(=NCc1ccc(S(=O)(=O)N2CCOCC2)s1)NC1CCCC1. The van der Waals surface area contributed by atoms with Crippen LogP contribution < -0.4 is 11.1 Å². The van der Waals surface area contributed by atoms with Crippen molar-refractivity contribution in [2.45, 2.75) is 42.5 Å². The van der Waals surface area contributed by atoms with Crippen LogP contribution in [0.3, 0.4) is 0 Å². The topological polar surface area (TPSA) is 97.0 Å². The fraction of sp³-hybridized carbons (Fsp3) is 0.667. The molecule has 1 saturated heterocycles. The van der Waals surface area contributed by atoms with Crippen molar-refractivity contribution in [3.63, 3.8) is 0 Å². The Balaban J connectivity index is 1.60. The molecule has 134 valence electrons. The molecule has 0 atom stereocenters. The normalized spacial score (nSPS) is 21.2. The van der Waals surface area contributed by atoms with E-state index in [4.69, 9.17) is 10.5 Å². The van der Waals surface area contributed by atoms with E-state index in [-0.39, 0.29) is 0 Å². The molecule has 0 unspecified atom stereocenters. The molecule has 9 heteroatoms. The van der Waals surface area contributed by atoms with Gasteiger partial charge in [0.1, 0.15) is 4.21 Å². The first-order chi connectivity index (χ1) is 11.6. The highest BCUT2D eigenvalue weighted by Gasteiger charge is 2.27. The average Bonchev–Trinajstić information content (AvgIpc) is 3.25. The standard InChI is InChI=1S/C15H24N4O3S2/c16-15(18-12-3-1-2-4-12)17-11-13-5-6-14(23-13)24(20,21)19-7-9-22-10-8-19/h5-6,12H,1-4,7-11H2,(H3,16,17,18). The third kappa shape index (κ3) is 4.27. The van der Waals surface area contributed by atoms with Crippen LogP contribution in [-0.2, 0) is 21.3 Å². The number of morpholine rings is 1. The van der Waals surface area contributed by atoms with Crippen molar-refractivity contribution in [2.75, 3.05) is 26.3 Å². The lowest BCUT2D eigenvalue weighted by molar-refractivity contribution is 0.0731. The lowest BCUT2D eigenvalue weighted by Gasteiger charge is -2.25. The van der Waals surface area contributed by atoms with Crippen molar-refractivity contribution in [2.24, 2.45) is 10.7 Å². The molecule has 0 radical (unpaired) electrons. The first-order valence-corrected chi connectivity index (χ1v) is 10.5. The first kappa shape index (κ1) is 17.7. The van der Waals surface area contributed by atoms with Crippen molar-refractivity contribution >= 4 is 27.3 Å². The summed E-state index contributed by atoms with van der Waals surface area (Å²) >= 11 is 1.26. The summed E-state index contributed by atoms with van der Waals surface area (Å²) in [7, 11) is -3.42. The maximum atomic E-state index is 12.6. The number of ether oxygens (including phenoxy) is 1. The number of hydrogen-bond donors (Lipinski definition) is 2. The van der Waals surface area contributed by atoms with Crippen LogP contribution in [0.25, 0.3) is 0 Å². The molecule has 1 aliphatic heterocycles. The average molecular weight is 373 g/mol. The Labute approximate surface area is 146 Å². The summed E-state index contributed by atoms with van der Waals surface area (Å²) in [5.41, 5.74) is 5.91. The van der Waals surface area contributed by atoms with Crippen LogP contribution in [0.4, 0.5) is 0 Å². The molecular weight excluding hydrogens is 348 g/mol. The highest BCUT2D eigenvalue weighted by atomic mass is 32.2. The van der Waals surface area contributed by atoms with Gasteiger partial charge in [-0.3, -0.25) is 0 Å². The second kappa shape index (κ2) is 7.81. The van der Waals surface area contributed by atoms with Crippen LogP contribution in [-0.4, -0.2) is 51.0 Å². The Hall–Kier alpha value is -1.16. The lowest BCUT2D eigenvalue weighted by Crippen LogP contribution is -2.40. The molecule has 2 fully saturated rings. The van der Waals surface area contributed by atoms with Crippen LogP contribution in [0, 0.1) is 0 Å². The van der Waals surface area contributed by atoms with Gasteiger partial charge < -0.3 is 15.8 Å². The third-order valence-electron chi connectivity index (χ3n) is 4.31. The molecule has 24 heavy (non-hydrogen) atoms. The minimum atomic E-state index is -3.42. The van der Waals surface area contributed by atoms with Gasteiger partial charge in [0, 0.05) is 24.0 Å². The summed E-state index contributed by atoms with van der Waals surface area (Å²) in [5, 5.41) is 3.23. The molecule has 1 aromatic rings. The molecule has 2 heterocycles. The van der Waals surface area contributed by atoms with Crippen molar-refractivity contribution in [1.29, 1.82) is 0 Å².